The molecule has 0 saturated carbocycles. The van der Waals surface area contributed by atoms with Gasteiger partial charge in [0.05, 0.1) is 16.8 Å². The number of anilines is 3. The highest BCUT2D eigenvalue weighted by Gasteiger charge is 2.39. The van der Waals surface area contributed by atoms with Crippen molar-refractivity contribution in [1.29, 1.82) is 0 Å². The number of hydrogen-bond acceptors (Lipinski definition) is 4. The molecule has 0 unspecified atom stereocenters. The number of amides is 1. The third-order valence-corrected chi connectivity index (χ3v) is 4.85. The minimum atomic E-state index is -0.714. The fourth-order valence-electron chi connectivity index (χ4n) is 3.37. The normalized spacial score (nSPS) is 14.2. The number of carbonyl (C=O) groups is 1. The van der Waals surface area contributed by atoms with E-state index in [1.54, 1.807) is 11.1 Å². The van der Waals surface area contributed by atoms with Crippen LogP contribution in [0.1, 0.15) is 19.4 Å². The van der Waals surface area contributed by atoms with E-state index in [-0.39, 0.29) is 5.91 Å². The predicted octanol–water partition coefficient (Wildman–Crippen LogP) is 5.19. The summed E-state index contributed by atoms with van der Waals surface area (Å²) in [6, 6.07) is 17.6. The van der Waals surface area contributed by atoms with Crippen molar-refractivity contribution in [2.24, 2.45) is 0 Å². The van der Waals surface area contributed by atoms with Crippen LogP contribution in [-0.2, 0) is 10.2 Å². The van der Waals surface area contributed by atoms with Gasteiger partial charge in [0.25, 0.3) is 0 Å². The first-order valence-corrected chi connectivity index (χ1v) is 11.1. The van der Waals surface area contributed by atoms with E-state index in [1.807, 2.05) is 80.4 Å². The van der Waals surface area contributed by atoms with E-state index in [2.05, 4.69) is 32.9 Å². The van der Waals surface area contributed by atoms with Crippen LogP contribution in [0, 0.1) is 0 Å². The Kier molecular flexibility index (Phi) is 5.98. The number of para-hydroxylation sites is 2. The van der Waals surface area contributed by atoms with Crippen molar-refractivity contribution in [3.8, 4) is 11.3 Å². The van der Waals surface area contributed by atoms with Crippen LogP contribution in [0.2, 0.25) is 0 Å². The van der Waals surface area contributed by atoms with Gasteiger partial charge in [-0.1, -0.05) is 59.0 Å². The number of alkyl halides is 1. The average molecular weight is 486 g/mol. The molecule has 28 heavy (non-hydrogen) atoms. The molecule has 144 valence electrons. The summed E-state index contributed by atoms with van der Waals surface area (Å²) in [5.41, 5.74) is 3.61. The lowest BCUT2D eigenvalue weighted by molar-refractivity contribution is -0.122. The zero-order valence-corrected chi connectivity index (χ0v) is 18.6. The number of rotatable bonds is 2. The SMILES string of the molecule is CI.CN1C(=O)C(C)(C)c2cnc(Nc3ccccc3)nc2-c2ccccc21. The zero-order chi connectivity index (χ0) is 20.3. The molecule has 1 aliphatic heterocycles. The van der Waals surface area contributed by atoms with Crippen molar-refractivity contribution in [1.82, 2.24) is 9.97 Å². The summed E-state index contributed by atoms with van der Waals surface area (Å²) in [5, 5.41) is 3.23. The highest BCUT2D eigenvalue weighted by atomic mass is 127. The molecule has 0 saturated heterocycles. The Hall–Kier alpha value is -2.48. The van der Waals surface area contributed by atoms with Crippen LogP contribution in [0.15, 0.2) is 60.8 Å². The minimum Gasteiger partial charge on any atom is -0.324 e. The van der Waals surface area contributed by atoms with Crippen LogP contribution < -0.4 is 10.2 Å². The first-order chi connectivity index (χ1) is 13.5. The minimum absolute atomic E-state index is 0.0241. The van der Waals surface area contributed by atoms with Crippen molar-refractivity contribution >= 4 is 45.8 Å². The van der Waals surface area contributed by atoms with Gasteiger partial charge in [0, 0.05) is 30.1 Å². The van der Waals surface area contributed by atoms with Crippen LogP contribution in [0.3, 0.4) is 0 Å². The third kappa shape index (κ3) is 3.61. The Morgan fingerprint density at radius 3 is 2.36 bits per heavy atom. The monoisotopic (exact) mass is 486 g/mol. The number of hydrogen-bond donors (Lipinski definition) is 1. The second-order valence-electron chi connectivity index (χ2n) is 6.95. The molecule has 0 aliphatic carbocycles. The molecule has 1 amide bonds. The number of carbonyl (C=O) groups excluding carboxylic acids is 1. The lowest BCUT2D eigenvalue weighted by Crippen LogP contribution is -2.40. The van der Waals surface area contributed by atoms with Gasteiger partial charge in [0.1, 0.15) is 0 Å². The van der Waals surface area contributed by atoms with Crippen molar-refractivity contribution in [2.75, 3.05) is 22.2 Å². The number of benzene rings is 2. The van der Waals surface area contributed by atoms with Crippen LogP contribution in [0.25, 0.3) is 11.3 Å². The molecule has 0 radical (unpaired) electrons. The van der Waals surface area contributed by atoms with Gasteiger partial charge in [-0.05, 0) is 37.0 Å². The van der Waals surface area contributed by atoms with Gasteiger partial charge in [-0.3, -0.25) is 4.79 Å². The summed E-state index contributed by atoms with van der Waals surface area (Å²) < 4.78 is 0. The standard InChI is InChI=1S/C21H20N4O.CH3I/c1-21(2)16-13-22-20(23-14-9-5-4-6-10-14)24-18(16)15-11-7-8-12-17(15)25(3)19(21)26;1-2/h4-13H,1-3H3,(H,22,23,24);1H3. The highest BCUT2D eigenvalue weighted by Crippen LogP contribution is 2.42. The van der Waals surface area contributed by atoms with E-state index < -0.39 is 5.41 Å². The average Bonchev–Trinajstić information content (AvgIpc) is 2.79. The van der Waals surface area contributed by atoms with Crippen LogP contribution >= 0.6 is 22.6 Å². The lowest BCUT2D eigenvalue weighted by atomic mass is 9.83. The molecular weight excluding hydrogens is 463 g/mol. The fraction of sp³-hybridized carbons (Fsp3) is 0.227. The van der Waals surface area contributed by atoms with Crippen molar-refractivity contribution < 1.29 is 4.79 Å². The molecule has 1 N–H and O–H groups in total. The maximum atomic E-state index is 13.0. The molecule has 6 heteroatoms. The fourth-order valence-corrected chi connectivity index (χ4v) is 3.37. The molecular formula is C22H23IN4O. The number of fused-ring (bicyclic) bond motifs is 3. The van der Waals surface area contributed by atoms with Gasteiger partial charge >= 0.3 is 0 Å². The Balaban J connectivity index is 0.00000109. The molecule has 0 bridgehead atoms. The third-order valence-electron chi connectivity index (χ3n) is 4.85. The molecule has 2 heterocycles. The van der Waals surface area contributed by atoms with Crippen LogP contribution in [-0.4, -0.2) is 27.9 Å². The first-order valence-electron chi connectivity index (χ1n) is 8.93. The van der Waals surface area contributed by atoms with E-state index in [9.17, 15) is 4.79 Å². The van der Waals surface area contributed by atoms with Crippen molar-refractivity contribution in [3.63, 3.8) is 0 Å². The van der Waals surface area contributed by atoms with E-state index in [0.717, 1.165) is 28.2 Å². The van der Waals surface area contributed by atoms with E-state index in [4.69, 9.17) is 4.98 Å². The predicted molar refractivity (Wildman–Crippen MR) is 124 cm³/mol. The smallest absolute Gasteiger partial charge is 0.236 e. The zero-order valence-electron chi connectivity index (χ0n) is 16.4. The Labute approximate surface area is 179 Å². The summed E-state index contributed by atoms with van der Waals surface area (Å²) in [5.74, 6) is 0.536. The molecule has 4 rings (SSSR count). The summed E-state index contributed by atoms with van der Waals surface area (Å²) in [6.45, 7) is 3.84. The molecule has 0 fully saturated rings. The highest BCUT2D eigenvalue weighted by molar-refractivity contribution is 14.1. The molecule has 1 aromatic heterocycles. The lowest BCUT2D eigenvalue weighted by Gasteiger charge is -2.27. The number of nitrogens with zero attached hydrogens (tertiary/aromatic N) is 3. The van der Waals surface area contributed by atoms with Gasteiger partial charge < -0.3 is 10.2 Å². The molecule has 2 aromatic carbocycles. The topological polar surface area (TPSA) is 58.1 Å². The van der Waals surface area contributed by atoms with Gasteiger partial charge in [-0.15, -0.1) is 0 Å². The van der Waals surface area contributed by atoms with Crippen LogP contribution in [0.5, 0.6) is 0 Å². The molecule has 0 atom stereocenters. The summed E-state index contributed by atoms with van der Waals surface area (Å²) in [6.07, 6.45) is 1.77. The van der Waals surface area contributed by atoms with E-state index >= 15 is 0 Å². The maximum Gasteiger partial charge on any atom is 0.236 e. The number of halogens is 1. The van der Waals surface area contributed by atoms with Gasteiger partial charge in [-0.25, -0.2) is 9.97 Å². The van der Waals surface area contributed by atoms with Gasteiger partial charge in [0.2, 0.25) is 11.9 Å². The van der Waals surface area contributed by atoms with Gasteiger partial charge in [-0.2, -0.15) is 0 Å². The quantitative estimate of drug-likeness (QED) is 0.400. The molecule has 3 aromatic rings. The summed E-state index contributed by atoms with van der Waals surface area (Å²) >= 11 is 2.15. The maximum absolute atomic E-state index is 13.0. The Morgan fingerprint density at radius 1 is 1.00 bits per heavy atom. The Morgan fingerprint density at radius 2 is 1.64 bits per heavy atom. The van der Waals surface area contributed by atoms with E-state index in [0.29, 0.717) is 5.95 Å². The first kappa shape index (κ1) is 20.3. The van der Waals surface area contributed by atoms with Crippen molar-refractivity contribution in [2.45, 2.75) is 19.3 Å². The second-order valence-corrected chi connectivity index (χ2v) is 6.95. The molecule has 1 aliphatic rings. The number of nitrogens with one attached hydrogen (secondary N) is 1. The van der Waals surface area contributed by atoms with Crippen LogP contribution in [0.4, 0.5) is 17.3 Å². The van der Waals surface area contributed by atoms with Crippen molar-refractivity contribution in [3.05, 3.63) is 66.4 Å². The Bertz CT molecular complexity index is 989. The number of likely N-dealkylation sites (N-methyl/N-ethyl adjacent to an activating group) is 1. The number of aromatic nitrogens is 2. The van der Waals surface area contributed by atoms with E-state index in [1.165, 1.54) is 0 Å². The summed E-state index contributed by atoms with van der Waals surface area (Å²) in [4.78, 5) is 25.9. The molecule has 0 spiro atoms. The summed E-state index contributed by atoms with van der Waals surface area (Å²) in [7, 11) is 1.81. The van der Waals surface area contributed by atoms with Gasteiger partial charge in [0.15, 0.2) is 0 Å². The second kappa shape index (κ2) is 8.26. The molecule has 5 nitrogen and oxygen atoms in total. The largest absolute Gasteiger partial charge is 0.324 e.